The van der Waals surface area contributed by atoms with Crippen LogP contribution in [-0.2, 0) is 9.53 Å². The maximum Gasteiger partial charge on any atom is 0.415 e. The van der Waals surface area contributed by atoms with Gasteiger partial charge in [0, 0.05) is 5.69 Å². The van der Waals surface area contributed by atoms with E-state index in [9.17, 15) is 9.59 Å². The van der Waals surface area contributed by atoms with Crippen LogP contribution in [0.3, 0.4) is 0 Å². The molecule has 2 aromatic rings. The number of aliphatic carboxylic acids is 1. The van der Waals surface area contributed by atoms with Gasteiger partial charge < -0.3 is 9.84 Å². The van der Waals surface area contributed by atoms with Gasteiger partial charge in [-0.1, -0.05) is 42.5 Å². The number of ether oxygens (including phenoxy) is 1. The quantitative estimate of drug-likeness (QED) is 0.915. The van der Waals surface area contributed by atoms with Crippen LogP contribution in [0.5, 0.6) is 0 Å². The number of amides is 1. The van der Waals surface area contributed by atoms with E-state index in [1.165, 1.54) is 0 Å². The van der Waals surface area contributed by atoms with Crippen LogP contribution in [0.15, 0.2) is 54.6 Å². The highest BCUT2D eigenvalue weighted by Gasteiger charge is 2.25. The molecular formula is C19H21NO4. The number of carboxylic acids is 1. The highest BCUT2D eigenvalue weighted by Crippen LogP contribution is 2.24. The summed E-state index contributed by atoms with van der Waals surface area (Å²) in [5.41, 5.74) is 1.81. The van der Waals surface area contributed by atoms with Crippen molar-refractivity contribution in [3.63, 3.8) is 0 Å². The van der Waals surface area contributed by atoms with Crippen molar-refractivity contribution >= 4 is 17.7 Å². The number of carboxylic acid groups (broad SMARTS) is 1. The predicted octanol–water partition coefficient (Wildman–Crippen LogP) is 4.18. The molecule has 0 fully saturated rings. The third-order valence-corrected chi connectivity index (χ3v) is 3.19. The largest absolute Gasteiger partial charge is 0.480 e. The lowest BCUT2D eigenvalue weighted by Gasteiger charge is -2.26. The summed E-state index contributed by atoms with van der Waals surface area (Å²) in [5.74, 6) is -1.10. The lowest BCUT2D eigenvalue weighted by atomic mass is 10.1. The Hall–Kier alpha value is -2.82. The molecule has 24 heavy (non-hydrogen) atoms. The number of nitrogens with zero attached hydrogens (tertiary/aromatic N) is 1. The van der Waals surface area contributed by atoms with Gasteiger partial charge in [0.15, 0.2) is 0 Å². The number of benzene rings is 2. The van der Waals surface area contributed by atoms with E-state index >= 15 is 0 Å². The molecule has 0 unspecified atom stereocenters. The summed E-state index contributed by atoms with van der Waals surface area (Å²) in [4.78, 5) is 24.5. The zero-order chi connectivity index (χ0) is 17.7. The molecule has 0 heterocycles. The van der Waals surface area contributed by atoms with Crippen molar-refractivity contribution in [3.8, 4) is 11.1 Å². The highest BCUT2D eigenvalue weighted by atomic mass is 16.6. The molecule has 0 atom stereocenters. The Morgan fingerprint density at radius 2 is 1.50 bits per heavy atom. The van der Waals surface area contributed by atoms with Gasteiger partial charge in [-0.05, 0) is 44.0 Å². The average Bonchev–Trinajstić information content (AvgIpc) is 2.52. The van der Waals surface area contributed by atoms with Gasteiger partial charge in [-0.15, -0.1) is 0 Å². The minimum atomic E-state index is -1.10. The Morgan fingerprint density at radius 3 is 2.00 bits per heavy atom. The smallest absolute Gasteiger partial charge is 0.415 e. The van der Waals surface area contributed by atoms with Gasteiger partial charge in [0.2, 0.25) is 0 Å². The second-order valence-corrected chi connectivity index (χ2v) is 6.37. The fourth-order valence-corrected chi connectivity index (χ4v) is 2.18. The molecule has 0 aliphatic heterocycles. The van der Waals surface area contributed by atoms with Gasteiger partial charge in [-0.25, -0.2) is 4.79 Å². The van der Waals surface area contributed by atoms with E-state index in [1.807, 2.05) is 42.5 Å². The fourth-order valence-electron chi connectivity index (χ4n) is 2.18. The summed E-state index contributed by atoms with van der Waals surface area (Å²) in [6, 6.07) is 16.9. The topological polar surface area (TPSA) is 66.8 Å². The Labute approximate surface area is 141 Å². The fraction of sp³-hybridized carbons (Fsp3) is 0.263. The van der Waals surface area contributed by atoms with Crippen molar-refractivity contribution in [2.45, 2.75) is 26.4 Å². The summed E-state index contributed by atoms with van der Waals surface area (Å²) >= 11 is 0. The van der Waals surface area contributed by atoms with Crippen molar-refractivity contribution in [2.24, 2.45) is 0 Å². The van der Waals surface area contributed by atoms with E-state index in [4.69, 9.17) is 9.84 Å². The predicted molar refractivity (Wildman–Crippen MR) is 93.1 cm³/mol. The number of hydrogen-bond acceptors (Lipinski definition) is 3. The van der Waals surface area contributed by atoms with Crippen LogP contribution in [0.4, 0.5) is 10.5 Å². The van der Waals surface area contributed by atoms with Crippen LogP contribution in [-0.4, -0.2) is 29.3 Å². The van der Waals surface area contributed by atoms with Crippen molar-refractivity contribution in [3.05, 3.63) is 54.6 Å². The lowest BCUT2D eigenvalue weighted by Crippen LogP contribution is -2.40. The van der Waals surface area contributed by atoms with E-state index in [0.717, 1.165) is 16.0 Å². The van der Waals surface area contributed by atoms with Crippen LogP contribution in [0.25, 0.3) is 11.1 Å². The minimum absolute atomic E-state index is 0.459. The molecule has 0 spiro atoms. The second-order valence-electron chi connectivity index (χ2n) is 6.37. The summed E-state index contributed by atoms with van der Waals surface area (Å²) in [6.45, 7) is 4.76. The summed E-state index contributed by atoms with van der Waals surface area (Å²) in [7, 11) is 0. The van der Waals surface area contributed by atoms with E-state index in [0.29, 0.717) is 5.69 Å². The normalized spacial score (nSPS) is 11.0. The van der Waals surface area contributed by atoms with Gasteiger partial charge in [-0.2, -0.15) is 0 Å². The molecule has 2 aromatic carbocycles. The first kappa shape index (κ1) is 17.5. The van der Waals surface area contributed by atoms with E-state index < -0.39 is 24.2 Å². The first-order chi connectivity index (χ1) is 11.3. The van der Waals surface area contributed by atoms with Crippen LogP contribution < -0.4 is 4.90 Å². The van der Waals surface area contributed by atoms with E-state index in [-0.39, 0.29) is 0 Å². The van der Waals surface area contributed by atoms with Gasteiger partial charge >= 0.3 is 12.1 Å². The number of anilines is 1. The van der Waals surface area contributed by atoms with Crippen LogP contribution in [0.2, 0.25) is 0 Å². The molecule has 5 nitrogen and oxygen atoms in total. The maximum atomic E-state index is 12.3. The highest BCUT2D eigenvalue weighted by molar-refractivity contribution is 5.93. The SMILES string of the molecule is CC(C)(C)OC(=O)N(CC(=O)O)c1ccc(-c2ccccc2)cc1. The number of carbonyl (C=O) groups is 2. The van der Waals surface area contributed by atoms with E-state index in [1.54, 1.807) is 32.9 Å². The monoisotopic (exact) mass is 327 g/mol. The maximum absolute atomic E-state index is 12.3. The van der Waals surface area contributed by atoms with Crippen LogP contribution in [0, 0.1) is 0 Å². The molecule has 5 heteroatoms. The van der Waals surface area contributed by atoms with E-state index in [2.05, 4.69) is 0 Å². The van der Waals surface area contributed by atoms with Gasteiger partial charge in [-0.3, -0.25) is 9.69 Å². The summed E-state index contributed by atoms with van der Waals surface area (Å²) in [6.07, 6.45) is -0.683. The number of hydrogen-bond donors (Lipinski definition) is 1. The molecular weight excluding hydrogens is 306 g/mol. The van der Waals surface area contributed by atoms with Gasteiger partial charge in [0.25, 0.3) is 0 Å². The standard InChI is InChI=1S/C19H21NO4/c1-19(2,3)24-18(23)20(13-17(21)22)16-11-9-15(10-12-16)14-7-5-4-6-8-14/h4-12H,13H2,1-3H3,(H,21,22). The molecule has 0 saturated heterocycles. The van der Waals surface area contributed by atoms with Crippen LogP contribution >= 0.6 is 0 Å². The molecule has 0 aromatic heterocycles. The third kappa shape index (κ3) is 4.84. The average molecular weight is 327 g/mol. The molecule has 0 aliphatic rings. The Morgan fingerprint density at radius 1 is 0.958 bits per heavy atom. The molecule has 2 rings (SSSR count). The van der Waals surface area contributed by atoms with Gasteiger partial charge in [0.05, 0.1) is 0 Å². The molecule has 1 amide bonds. The molecule has 0 radical (unpaired) electrons. The molecule has 1 N–H and O–H groups in total. The number of carbonyl (C=O) groups excluding carboxylic acids is 1. The zero-order valence-electron chi connectivity index (χ0n) is 14.0. The minimum Gasteiger partial charge on any atom is -0.480 e. The molecule has 126 valence electrons. The number of rotatable bonds is 4. The zero-order valence-corrected chi connectivity index (χ0v) is 14.0. The van der Waals surface area contributed by atoms with Crippen molar-refractivity contribution in [1.29, 1.82) is 0 Å². The molecule has 0 aliphatic carbocycles. The Bertz CT molecular complexity index is 702. The Balaban J connectivity index is 2.26. The van der Waals surface area contributed by atoms with Crippen molar-refractivity contribution in [2.75, 3.05) is 11.4 Å². The molecule has 0 bridgehead atoms. The Kier molecular flexibility index (Phi) is 5.24. The summed E-state index contributed by atoms with van der Waals surface area (Å²) in [5, 5.41) is 9.08. The van der Waals surface area contributed by atoms with Crippen molar-refractivity contribution < 1.29 is 19.4 Å². The van der Waals surface area contributed by atoms with Gasteiger partial charge in [0.1, 0.15) is 12.1 Å². The molecule has 0 saturated carbocycles. The van der Waals surface area contributed by atoms with Crippen LogP contribution in [0.1, 0.15) is 20.8 Å². The second kappa shape index (κ2) is 7.17. The first-order valence-corrected chi connectivity index (χ1v) is 7.64. The van der Waals surface area contributed by atoms with Crippen molar-refractivity contribution in [1.82, 2.24) is 0 Å². The first-order valence-electron chi connectivity index (χ1n) is 7.64. The third-order valence-electron chi connectivity index (χ3n) is 3.19. The lowest BCUT2D eigenvalue weighted by molar-refractivity contribution is -0.135. The summed E-state index contributed by atoms with van der Waals surface area (Å²) < 4.78 is 5.29.